The van der Waals surface area contributed by atoms with Crippen molar-refractivity contribution in [2.75, 3.05) is 7.11 Å². The minimum Gasteiger partial charge on any atom is -0.395 e. The van der Waals surface area contributed by atoms with E-state index in [0.717, 1.165) is 7.11 Å². The third kappa shape index (κ3) is 5.18. The summed E-state index contributed by atoms with van der Waals surface area (Å²) < 4.78 is 42.6. The Morgan fingerprint density at radius 2 is 1.12 bits per heavy atom. The van der Waals surface area contributed by atoms with E-state index in [1.165, 1.54) is 19.6 Å². The summed E-state index contributed by atoms with van der Waals surface area (Å²) in [6.45, 7) is 7.76. The average Bonchev–Trinajstić information content (AvgIpc) is 2.17. The number of hydrogen-bond donors (Lipinski definition) is 4. The van der Waals surface area contributed by atoms with Crippen LogP contribution in [0.4, 0.5) is 0 Å². The van der Waals surface area contributed by atoms with Crippen LogP contribution >= 0.6 is 0 Å². The van der Waals surface area contributed by atoms with E-state index in [1.54, 1.807) is 13.1 Å². The van der Waals surface area contributed by atoms with Gasteiger partial charge in [-0.2, -0.15) is 0 Å². The average molecular weight is 455 g/mol. The second kappa shape index (κ2) is 6.18. The second-order valence-corrected chi connectivity index (χ2v) is 22.8. The highest BCUT2D eigenvalue weighted by Crippen LogP contribution is 2.35. The molecule has 0 saturated carbocycles. The standard InChI is InChI=1S/C6H22O12Si6/c1-11-23(9)15-20(4,5)13-21(6)12-19(2,3)14-22(7,8)17-24(10,16-21)18-23/h7-10H,1-6H3. The quantitative estimate of drug-likeness (QED) is 0.325. The van der Waals surface area contributed by atoms with Gasteiger partial charge >= 0.3 is 53.1 Å². The summed E-state index contributed by atoms with van der Waals surface area (Å²) in [6.07, 6.45) is 0. The topological polar surface area (TPSA) is 155 Å². The van der Waals surface area contributed by atoms with Crippen molar-refractivity contribution < 1.29 is 52.4 Å². The molecule has 2 heterocycles. The van der Waals surface area contributed by atoms with E-state index in [0.29, 0.717) is 0 Å². The van der Waals surface area contributed by atoms with E-state index >= 15 is 0 Å². The molecule has 0 spiro atoms. The Morgan fingerprint density at radius 3 is 1.62 bits per heavy atom. The lowest BCUT2D eigenvalue weighted by Crippen LogP contribution is -2.76. The lowest BCUT2D eigenvalue weighted by atomic mass is 11.8. The lowest BCUT2D eigenvalue weighted by molar-refractivity contribution is -0.0244. The zero-order valence-corrected chi connectivity index (χ0v) is 20.1. The van der Waals surface area contributed by atoms with Gasteiger partial charge in [0.1, 0.15) is 0 Å². The van der Waals surface area contributed by atoms with Gasteiger partial charge in [0.25, 0.3) is 0 Å². The van der Waals surface area contributed by atoms with Crippen LogP contribution in [0, 0.1) is 0 Å². The second-order valence-electron chi connectivity index (χ2n) is 6.18. The van der Waals surface area contributed by atoms with Gasteiger partial charge < -0.3 is 52.4 Å². The maximum atomic E-state index is 10.5. The molecule has 2 aliphatic rings. The molecule has 3 unspecified atom stereocenters. The van der Waals surface area contributed by atoms with Crippen LogP contribution in [0.2, 0.25) is 32.7 Å². The first-order valence-corrected chi connectivity index (χ1v) is 19.8. The van der Waals surface area contributed by atoms with Crippen molar-refractivity contribution >= 4 is 53.1 Å². The Kier molecular flexibility index (Phi) is 5.44. The maximum absolute atomic E-state index is 10.5. The number of fused-ring (bicyclic) bond motifs is 2. The molecule has 3 atom stereocenters. The van der Waals surface area contributed by atoms with Crippen LogP contribution in [-0.2, 0) is 33.2 Å². The van der Waals surface area contributed by atoms with Crippen molar-refractivity contribution in [3.63, 3.8) is 0 Å². The molecule has 18 heteroatoms. The minimum absolute atomic E-state index is 1.10. The predicted molar refractivity (Wildman–Crippen MR) is 87.3 cm³/mol. The van der Waals surface area contributed by atoms with Crippen molar-refractivity contribution in [3.05, 3.63) is 0 Å². The van der Waals surface area contributed by atoms with Gasteiger partial charge in [-0.3, -0.25) is 0 Å². The summed E-state index contributed by atoms with van der Waals surface area (Å²) in [6, 6.07) is 0. The first kappa shape index (κ1) is 21.1. The van der Waals surface area contributed by atoms with Gasteiger partial charge in [0, 0.05) is 13.7 Å². The van der Waals surface area contributed by atoms with Gasteiger partial charge in [0.05, 0.1) is 0 Å². The maximum Gasteiger partial charge on any atom is 0.661 e. The normalized spacial score (nSPS) is 44.8. The Balaban J connectivity index is 2.49. The summed E-state index contributed by atoms with van der Waals surface area (Å²) in [5.41, 5.74) is 0. The molecule has 2 bridgehead atoms. The molecule has 2 saturated heterocycles. The van der Waals surface area contributed by atoms with Crippen molar-refractivity contribution in [3.8, 4) is 0 Å². The van der Waals surface area contributed by atoms with Gasteiger partial charge in [-0.25, -0.2) is 0 Å². The zero-order chi connectivity index (χ0) is 18.7. The van der Waals surface area contributed by atoms with Gasteiger partial charge in [-0.05, 0) is 26.2 Å². The molecular formula is C6H22O12Si6. The smallest absolute Gasteiger partial charge is 0.395 e. The fourth-order valence-electron chi connectivity index (χ4n) is 2.38. The first-order chi connectivity index (χ1) is 10.5. The van der Waals surface area contributed by atoms with Gasteiger partial charge in [0.2, 0.25) is 0 Å². The van der Waals surface area contributed by atoms with Crippen LogP contribution in [0.25, 0.3) is 0 Å². The highest BCUT2D eigenvalue weighted by Gasteiger charge is 2.70. The SMILES string of the molecule is CO[Si]1(O)O[Si](C)(C)O[Si]2(C)O[Si](C)(C)O[Si](O)(O)O[Si](O)(O2)O1. The highest BCUT2D eigenvalue weighted by atomic mass is 28.6. The zero-order valence-electron chi connectivity index (χ0n) is 14.1. The number of rotatable bonds is 1. The van der Waals surface area contributed by atoms with E-state index in [1.807, 2.05) is 0 Å². The number of hydrogen-bond acceptors (Lipinski definition) is 12. The van der Waals surface area contributed by atoms with Gasteiger partial charge in [-0.1, -0.05) is 0 Å². The van der Waals surface area contributed by atoms with Crippen LogP contribution < -0.4 is 0 Å². The lowest BCUT2D eigenvalue weighted by Gasteiger charge is -2.47. The Hall–Kier alpha value is 0.821. The van der Waals surface area contributed by atoms with E-state index in [4.69, 9.17) is 33.2 Å². The first-order valence-electron chi connectivity index (χ1n) is 6.86. The van der Waals surface area contributed by atoms with Crippen LogP contribution in [-0.4, -0.2) is 79.4 Å². The minimum atomic E-state index is -4.89. The van der Waals surface area contributed by atoms with Crippen LogP contribution in [0.1, 0.15) is 0 Å². The molecule has 2 rings (SSSR count). The third-order valence-electron chi connectivity index (χ3n) is 2.71. The third-order valence-corrected chi connectivity index (χ3v) is 22.8. The molecule has 0 aromatic rings. The molecule has 0 aromatic carbocycles. The molecule has 24 heavy (non-hydrogen) atoms. The van der Waals surface area contributed by atoms with Crippen LogP contribution in [0.3, 0.4) is 0 Å². The van der Waals surface area contributed by atoms with Crippen molar-refractivity contribution in [1.82, 2.24) is 0 Å². The van der Waals surface area contributed by atoms with E-state index in [9.17, 15) is 19.2 Å². The fraction of sp³-hybridized carbons (Fsp3) is 1.00. The van der Waals surface area contributed by atoms with E-state index < -0.39 is 53.1 Å². The van der Waals surface area contributed by atoms with Crippen molar-refractivity contribution in [2.24, 2.45) is 0 Å². The predicted octanol–water partition coefficient (Wildman–Crippen LogP) is -1.98. The molecule has 142 valence electrons. The molecule has 0 radical (unpaired) electrons. The molecule has 2 fully saturated rings. The molecule has 0 amide bonds. The Labute approximate surface area is 145 Å². The molecular weight excluding hydrogens is 433 g/mol. The summed E-state index contributed by atoms with van der Waals surface area (Å²) in [5, 5.41) is 0. The molecule has 2 aliphatic heterocycles. The van der Waals surface area contributed by atoms with Crippen LogP contribution in [0.15, 0.2) is 0 Å². The highest BCUT2D eigenvalue weighted by molar-refractivity contribution is 6.92. The molecule has 0 aliphatic carbocycles. The molecule has 4 N–H and O–H groups in total. The Bertz CT molecular complexity index is 504. The summed E-state index contributed by atoms with van der Waals surface area (Å²) in [7, 11) is -22.9. The summed E-state index contributed by atoms with van der Waals surface area (Å²) >= 11 is 0. The summed E-state index contributed by atoms with van der Waals surface area (Å²) in [5.74, 6) is 0. The fourth-order valence-corrected chi connectivity index (χ4v) is 25.2. The van der Waals surface area contributed by atoms with E-state index in [2.05, 4.69) is 0 Å². The summed E-state index contributed by atoms with van der Waals surface area (Å²) in [4.78, 5) is 40.8. The Morgan fingerprint density at radius 1 is 0.625 bits per heavy atom. The molecule has 12 nitrogen and oxygen atoms in total. The van der Waals surface area contributed by atoms with Crippen molar-refractivity contribution in [2.45, 2.75) is 32.7 Å². The molecule has 0 aromatic heterocycles. The monoisotopic (exact) mass is 454 g/mol. The van der Waals surface area contributed by atoms with Crippen molar-refractivity contribution in [1.29, 1.82) is 0 Å². The van der Waals surface area contributed by atoms with E-state index in [-0.39, 0.29) is 0 Å². The van der Waals surface area contributed by atoms with Crippen LogP contribution in [0.5, 0.6) is 0 Å². The largest absolute Gasteiger partial charge is 0.661 e. The van der Waals surface area contributed by atoms with Gasteiger partial charge in [0.15, 0.2) is 0 Å². The van der Waals surface area contributed by atoms with Gasteiger partial charge in [-0.15, -0.1) is 0 Å².